The normalized spacial score (nSPS) is 23.3. The van der Waals surface area contributed by atoms with Crippen LogP contribution in [-0.2, 0) is 9.53 Å². The first-order chi connectivity index (χ1) is 6.29. The molecule has 2 N–H and O–H groups in total. The molecule has 1 heterocycles. The Hall–Kier alpha value is -0.870. The van der Waals surface area contributed by atoms with E-state index in [0.29, 0.717) is 19.7 Å². The maximum atomic E-state index is 11.4. The maximum Gasteiger partial charge on any atom is 0.249 e. The van der Waals surface area contributed by atoms with Gasteiger partial charge in [-0.15, -0.1) is 6.58 Å². The van der Waals surface area contributed by atoms with Crippen molar-refractivity contribution < 1.29 is 9.53 Å². The van der Waals surface area contributed by atoms with Crippen LogP contribution in [0.2, 0.25) is 0 Å². The largest absolute Gasteiger partial charge is 0.369 e. The molecule has 0 spiro atoms. The Morgan fingerprint density at radius 3 is 3.15 bits per heavy atom. The quantitative estimate of drug-likeness (QED) is 0.613. The fourth-order valence-corrected chi connectivity index (χ4v) is 1.48. The van der Waals surface area contributed by atoms with E-state index >= 15 is 0 Å². The highest BCUT2D eigenvalue weighted by molar-refractivity contribution is 5.78. The van der Waals surface area contributed by atoms with Gasteiger partial charge in [-0.2, -0.15) is 0 Å². The molecule has 0 radical (unpaired) electrons. The number of morpholine rings is 1. The fourth-order valence-electron chi connectivity index (χ4n) is 1.48. The first-order valence-corrected chi connectivity index (χ1v) is 4.47. The minimum absolute atomic E-state index is 0.0320. The number of rotatable bonds is 4. The molecule has 0 aromatic carbocycles. The third-order valence-electron chi connectivity index (χ3n) is 2.12. The van der Waals surface area contributed by atoms with E-state index < -0.39 is 0 Å². The second-order valence-electron chi connectivity index (χ2n) is 3.08. The van der Waals surface area contributed by atoms with Gasteiger partial charge in [0, 0.05) is 6.54 Å². The van der Waals surface area contributed by atoms with Gasteiger partial charge < -0.3 is 15.4 Å². The van der Waals surface area contributed by atoms with Crippen molar-refractivity contribution >= 4 is 5.91 Å². The number of carbonyl (C=O) groups is 1. The van der Waals surface area contributed by atoms with Gasteiger partial charge in [0.25, 0.3) is 0 Å². The van der Waals surface area contributed by atoms with E-state index in [0.717, 1.165) is 6.42 Å². The number of nitrogens with zero attached hydrogens (tertiary/aromatic N) is 1. The zero-order valence-electron chi connectivity index (χ0n) is 7.74. The molecule has 1 aliphatic rings. The second-order valence-corrected chi connectivity index (χ2v) is 3.08. The molecule has 1 fully saturated rings. The van der Waals surface area contributed by atoms with E-state index in [2.05, 4.69) is 6.58 Å². The highest BCUT2D eigenvalue weighted by Crippen LogP contribution is 2.10. The van der Waals surface area contributed by atoms with Gasteiger partial charge in [-0.3, -0.25) is 4.79 Å². The van der Waals surface area contributed by atoms with E-state index in [1.165, 1.54) is 0 Å². The summed E-state index contributed by atoms with van der Waals surface area (Å²) in [5, 5.41) is 0. The number of nitrogens with two attached hydrogens (primary N) is 1. The van der Waals surface area contributed by atoms with Crippen LogP contribution in [0.4, 0.5) is 0 Å². The highest BCUT2D eigenvalue weighted by Gasteiger charge is 2.26. The zero-order valence-corrected chi connectivity index (χ0v) is 7.74. The molecule has 4 nitrogen and oxygen atoms in total. The minimum atomic E-state index is 0.0320. The summed E-state index contributed by atoms with van der Waals surface area (Å²) >= 11 is 0. The third kappa shape index (κ3) is 2.54. The Morgan fingerprint density at radius 1 is 1.77 bits per heavy atom. The molecule has 13 heavy (non-hydrogen) atoms. The van der Waals surface area contributed by atoms with E-state index in [1.807, 2.05) is 0 Å². The van der Waals surface area contributed by atoms with Crippen molar-refractivity contribution in [3.63, 3.8) is 0 Å². The highest BCUT2D eigenvalue weighted by atomic mass is 16.5. The molecule has 1 unspecified atom stereocenters. The summed E-state index contributed by atoms with van der Waals surface area (Å²) in [4.78, 5) is 13.2. The molecule has 0 aromatic heterocycles. The molecular formula is C9H16N2O2. The smallest absolute Gasteiger partial charge is 0.249 e. The second kappa shape index (κ2) is 4.99. The van der Waals surface area contributed by atoms with Crippen LogP contribution in [0.1, 0.15) is 6.42 Å². The van der Waals surface area contributed by atoms with Gasteiger partial charge in [0.15, 0.2) is 0 Å². The summed E-state index contributed by atoms with van der Waals surface area (Å²) in [5.41, 5.74) is 5.44. The average molecular weight is 184 g/mol. The lowest BCUT2D eigenvalue weighted by Gasteiger charge is -2.34. The summed E-state index contributed by atoms with van der Waals surface area (Å²) in [7, 11) is 0. The number of carbonyl (C=O) groups excluding carboxylic acids is 1. The Balaban J connectivity index is 2.56. The van der Waals surface area contributed by atoms with Gasteiger partial charge in [0.05, 0.1) is 12.6 Å². The van der Waals surface area contributed by atoms with Crippen LogP contribution in [0.5, 0.6) is 0 Å². The predicted octanol–water partition coefficient (Wildman–Crippen LogP) is -0.251. The molecular weight excluding hydrogens is 168 g/mol. The standard InChI is InChI=1S/C9H16N2O2/c1-2-5-11-8(3-4-10)6-13-7-9(11)12/h2,8H,1,3-7,10H2. The zero-order chi connectivity index (χ0) is 9.68. The third-order valence-corrected chi connectivity index (χ3v) is 2.12. The van der Waals surface area contributed by atoms with Gasteiger partial charge in [0.1, 0.15) is 6.61 Å². The molecule has 4 heteroatoms. The van der Waals surface area contributed by atoms with Crippen molar-refractivity contribution in [3.8, 4) is 0 Å². The van der Waals surface area contributed by atoms with Crippen LogP contribution in [0.25, 0.3) is 0 Å². The summed E-state index contributed by atoms with van der Waals surface area (Å²) in [6.45, 7) is 5.57. The number of amides is 1. The van der Waals surface area contributed by atoms with Gasteiger partial charge in [-0.25, -0.2) is 0 Å². The lowest BCUT2D eigenvalue weighted by molar-refractivity contribution is -0.147. The monoisotopic (exact) mass is 184 g/mol. The average Bonchev–Trinajstić information content (AvgIpc) is 2.11. The molecule has 1 rings (SSSR count). The maximum absolute atomic E-state index is 11.4. The molecule has 1 saturated heterocycles. The van der Waals surface area contributed by atoms with E-state index in [9.17, 15) is 4.79 Å². The summed E-state index contributed by atoms with van der Waals surface area (Å²) in [6.07, 6.45) is 2.52. The Morgan fingerprint density at radius 2 is 2.54 bits per heavy atom. The van der Waals surface area contributed by atoms with Crippen LogP contribution in [0.15, 0.2) is 12.7 Å². The van der Waals surface area contributed by atoms with Gasteiger partial charge in [-0.05, 0) is 13.0 Å². The van der Waals surface area contributed by atoms with Crippen LogP contribution in [-0.4, -0.2) is 43.2 Å². The molecule has 0 bridgehead atoms. The van der Waals surface area contributed by atoms with Crippen LogP contribution < -0.4 is 5.73 Å². The number of hydrogen-bond donors (Lipinski definition) is 1. The van der Waals surface area contributed by atoms with Crippen molar-refractivity contribution in [2.75, 3.05) is 26.3 Å². The van der Waals surface area contributed by atoms with Crippen LogP contribution >= 0.6 is 0 Å². The SMILES string of the molecule is C=CCN1C(=O)COCC1CCN. The van der Waals surface area contributed by atoms with Crippen molar-refractivity contribution in [3.05, 3.63) is 12.7 Å². The van der Waals surface area contributed by atoms with Crippen molar-refractivity contribution in [2.45, 2.75) is 12.5 Å². The summed E-state index contributed by atoms with van der Waals surface area (Å²) in [5.74, 6) is 0.0320. The first kappa shape index (κ1) is 10.2. The Labute approximate surface area is 78.3 Å². The van der Waals surface area contributed by atoms with Crippen molar-refractivity contribution in [1.82, 2.24) is 4.90 Å². The molecule has 1 aliphatic heterocycles. The van der Waals surface area contributed by atoms with Crippen LogP contribution in [0, 0.1) is 0 Å². The summed E-state index contributed by atoms with van der Waals surface area (Å²) < 4.78 is 5.14. The van der Waals surface area contributed by atoms with E-state index in [-0.39, 0.29) is 18.6 Å². The van der Waals surface area contributed by atoms with E-state index in [4.69, 9.17) is 10.5 Å². The topological polar surface area (TPSA) is 55.6 Å². The lowest BCUT2D eigenvalue weighted by Crippen LogP contribution is -2.50. The van der Waals surface area contributed by atoms with Crippen LogP contribution in [0.3, 0.4) is 0 Å². The number of hydrogen-bond acceptors (Lipinski definition) is 3. The molecule has 0 saturated carbocycles. The Kier molecular flexibility index (Phi) is 3.92. The fraction of sp³-hybridized carbons (Fsp3) is 0.667. The van der Waals surface area contributed by atoms with Gasteiger partial charge >= 0.3 is 0 Å². The van der Waals surface area contributed by atoms with E-state index in [1.54, 1.807) is 11.0 Å². The molecule has 0 aliphatic carbocycles. The van der Waals surface area contributed by atoms with Crippen molar-refractivity contribution in [2.24, 2.45) is 5.73 Å². The molecule has 74 valence electrons. The van der Waals surface area contributed by atoms with Crippen molar-refractivity contribution in [1.29, 1.82) is 0 Å². The van der Waals surface area contributed by atoms with Gasteiger partial charge in [-0.1, -0.05) is 6.08 Å². The molecule has 0 aromatic rings. The lowest BCUT2D eigenvalue weighted by atomic mass is 10.1. The predicted molar refractivity (Wildman–Crippen MR) is 50.2 cm³/mol. The molecule has 1 atom stereocenters. The Bertz CT molecular complexity index is 192. The van der Waals surface area contributed by atoms with Gasteiger partial charge in [0.2, 0.25) is 5.91 Å². The number of ether oxygens (including phenoxy) is 1. The first-order valence-electron chi connectivity index (χ1n) is 4.47. The summed E-state index contributed by atoms with van der Waals surface area (Å²) in [6, 6.07) is 0.129. The molecule has 1 amide bonds. The minimum Gasteiger partial charge on any atom is -0.369 e.